The molecule has 0 radical (unpaired) electrons. The fraction of sp³-hybridized carbons (Fsp3) is 0. The molecule has 0 heterocycles. The predicted molar refractivity (Wildman–Crippen MR) is 57.4 cm³/mol. The third-order valence-corrected chi connectivity index (χ3v) is 2.19. The van der Waals surface area contributed by atoms with E-state index in [0.29, 0.717) is 10.7 Å². The van der Waals surface area contributed by atoms with Gasteiger partial charge in [0, 0.05) is 3.57 Å². The van der Waals surface area contributed by atoms with Crippen molar-refractivity contribution in [3.05, 3.63) is 26.8 Å². The molecule has 3 nitrogen and oxygen atoms in total. The van der Waals surface area contributed by atoms with Crippen LogP contribution in [-0.2, 0) is 0 Å². The number of amides is 2. The number of anilines is 1. The molecule has 0 aromatic heterocycles. The molecule has 3 N–H and O–H groups in total. The summed E-state index contributed by atoms with van der Waals surface area (Å²) < 4.78 is 0.987. The van der Waals surface area contributed by atoms with E-state index in [1.54, 1.807) is 12.1 Å². The number of urea groups is 1. The van der Waals surface area contributed by atoms with Crippen molar-refractivity contribution in [3.63, 3.8) is 0 Å². The van der Waals surface area contributed by atoms with E-state index >= 15 is 0 Å². The molecule has 5 heteroatoms. The van der Waals surface area contributed by atoms with Crippen LogP contribution in [0.2, 0.25) is 5.02 Å². The number of primary amides is 1. The molecule has 0 aliphatic carbocycles. The first-order chi connectivity index (χ1) is 5.59. The van der Waals surface area contributed by atoms with Crippen LogP contribution in [0.3, 0.4) is 0 Å². The van der Waals surface area contributed by atoms with E-state index in [0.717, 1.165) is 3.57 Å². The average Bonchev–Trinajstić information content (AvgIpc) is 1.96. The normalized spacial score (nSPS) is 9.50. The van der Waals surface area contributed by atoms with Gasteiger partial charge in [-0.1, -0.05) is 11.6 Å². The molecule has 1 aromatic rings. The molecule has 0 saturated carbocycles. The summed E-state index contributed by atoms with van der Waals surface area (Å²) in [5.74, 6) is 0. The molecule has 12 heavy (non-hydrogen) atoms. The van der Waals surface area contributed by atoms with Crippen molar-refractivity contribution in [1.82, 2.24) is 0 Å². The van der Waals surface area contributed by atoms with Crippen LogP contribution in [0.25, 0.3) is 0 Å². The zero-order valence-electron chi connectivity index (χ0n) is 5.97. The lowest BCUT2D eigenvalue weighted by molar-refractivity contribution is 0.259. The van der Waals surface area contributed by atoms with Gasteiger partial charge in [-0.15, -0.1) is 0 Å². The van der Waals surface area contributed by atoms with Gasteiger partial charge in [0.1, 0.15) is 0 Å². The molecule has 1 rings (SSSR count). The Morgan fingerprint density at radius 3 is 2.83 bits per heavy atom. The van der Waals surface area contributed by atoms with Crippen molar-refractivity contribution in [2.45, 2.75) is 0 Å². The Bertz CT molecular complexity index is 316. The highest BCUT2D eigenvalue weighted by molar-refractivity contribution is 14.1. The van der Waals surface area contributed by atoms with Gasteiger partial charge in [0.25, 0.3) is 0 Å². The fourth-order valence-corrected chi connectivity index (χ4v) is 1.38. The summed E-state index contributed by atoms with van der Waals surface area (Å²) in [6.07, 6.45) is 0. The first-order valence-corrected chi connectivity index (χ1v) is 4.57. The maximum atomic E-state index is 10.5. The molecule has 0 spiro atoms. The van der Waals surface area contributed by atoms with E-state index < -0.39 is 6.03 Å². The van der Waals surface area contributed by atoms with E-state index in [4.69, 9.17) is 17.3 Å². The Balaban J connectivity index is 2.97. The van der Waals surface area contributed by atoms with Crippen LogP contribution in [0.1, 0.15) is 0 Å². The zero-order valence-corrected chi connectivity index (χ0v) is 8.89. The van der Waals surface area contributed by atoms with Crippen LogP contribution in [0.5, 0.6) is 0 Å². The van der Waals surface area contributed by atoms with Gasteiger partial charge in [0.2, 0.25) is 0 Å². The number of rotatable bonds is 1. The number of nitrogens with two attached hydrogens (primary N) is 1. The van der Waals surface area contributed by atoms with E-state index in [2.05, 4.69) is 27.9 Å². The largest absolute Gasteiger partial charge is 0.351 e. The Labute approximate surface area is 88.4 Å². The number of carbonyl (C=O) groups is 1. The van der Waals surface area contributed by atoms with Gasteiger partial charge in [0.15, 0.2) is 0 Å². The highest BCUT2D eigenvalue weighted by atomic mass is 127. The smallest absolute Gasteiger partial charge is 0.316 e. The quantitative estimate of drug-likeness (QED) is 0.768. The lowest BCUT2D eigenvalue weighted by Gasteiger charge is -2.03. The van der Waals surface area contributed by atoms with Gasteiger partial charge < -0.3 is 11.1 Å². The monoisotopic (exact) mass is 296 g/mol. The lowest BCUT2D eigenvalue weighted by atomic mass is 10.3. The molecule has 0 saturated heterocycles. The standard InChI is InChI=1S/C7H6ClIN2O/c8-5-2-1-4(9)3-6(5)11-7(10)12/h1-3H,(H3,10,11,12). The van der Waals surface area contributed by atoms with Gasteiger partial charge in [-0.05, 0) is 40.8 Å². The SMILES string of the molecule is NC(=O)Nc1cc(I)ccc1Cl. The van der Waals surface area contributed by atoms with Crippen molar-refractivity contribution < 1.29 is 4.79 Å². The second-order valence-electron chi connectivity index (χ2n) is 2.11. The Hall–Kier alpha value is -0.490. The van der Waals surface area contributed by atoms with Crippen LogP contribution in [0, 0.1) is 3.57 Å². The van der Waals surface area contributed by atoms with Gasteiger partial charge in [-0.25, -0.2) is 4.79 Å². The maximum Gasteiger partial charge on any atom is 0.316 e. The van der Waals surface area contributed by atoms with Crippen molar-refractivity contribution in [2.75, 3.05) is 5.32 Å². The average molecular weight is 296 g/mol. The third kappa shape index (κ3) is 2.53. The minimum absolute atomic E-state index is 0.481. The summed E-state index contributed by atoms with van der Waals surface area (Å²) in [7, 11) is 0. The number of nitrogens with one attached hydrogen (secondary N) is 1. The predicted octanol–water partition coefficient (Wildman–Crippen LogP) is 2.44. The van der Waals surface area contributed by atoms with Gasteiger partial charge >= 0.3 is 6.03 Å². The van der Waals surface area contributed by atoms with Gasteiger partial charge in [0.05, 0.1) is 10.7 Å². The summed E-state index contributed by atoms with van der Waals surface area (Å²) in [6.45, 7) is 0. The van der Waals surface area contributed by atoms with Crippen LogP contribution in [0.4, 0.5) is 10.5 Å². The first kappa shape index (κ1) is 9.60. The molecule has 0 atom stereocenters. The van der Waals surface area contributed by atoms with Crippen molar-refractivity contribution >= 4 is 45.9 Å². The molecule has 1 aromatic carbocycles. The number of halogens is 2. The fourth-order valence-electron chi connectivity index (χ4n) is 0.726. The summed E-state index contributed by atoms with van der Waals surface area (Å²) in [5.41, 5.74) is 5.47. The van der Waals surface area contributed by atoms with Gasteiger partial charge in [-0.3, -0.25) is 0 Å². The minimum Gasteiger partial charge on any atom is -0.351 e. The Morgan fingerprint density at radius 1 is 1.58 bits per heavy atom. The second-order valence-corrected chi connectivity index (χ2v) is 3.77. The molecular formula is C7H6ClIN2O. The molecule has 0 unspecified atom stereocenters. The van der Waals surface area contributed by atoms with E-state index in [1.807, 2.05) is 6.07 Å². The second kappa shape index (κ2) is 3.95. The molecule has 2 amide bonds. The van der Waals surface area contributed by atoms with Crippen molar-refractivity contribution in [2.24, 2.45) is 5.73 Å². The van der Waals surface area contributed by atoms with E-state index in [-0.39, 0.29) is 0 Å². The molecule has 64 valence electrons. The van der Waals surface area contributed by atoms with Crippen LogP contribution < -0.4 is 11.1 Å². The minimum atomic E-state index is -0.612. The Morgan fingerprint density at radius 2 is 2.25 bits per heavy atom. The van der Waals surface area contributed by atoms with Crippen molar-refractivity contribution in [1.29, 1.82) is 0 Å². The Kier molecular flexibility index (Phi) is 3.16. The summed E-state index contributed by atoms with van der Waals surface area (Å²) >= 11 is 7.88. The van der Waals surface area contributed by atoms with Crippen LogP contribution in [0.15, 0.2) is 18.2 Å². The number of benzene rings is 1. The van der Waals surface area contributed by atoms with Crippen LogP contribution in [-0.4, -0.2) is 6.03 Å². The summed E-state index contributed by atoms with van der Waals surface area (Å²) in [5, 5.41) is 2.90. The van der Waals surface area contributed by atoms with E-state index in [1.165, 1.54) is 0 Å². The summed E-state index contributed by atoms with van der Waals surface area (Å²) in [4.78, 5) is 10.5. The van der Waals surface area contributed by atoms with Crippen molar-refractivity contribution in [3.8, 4) is 0 Å². The maximum absolute atomic E-state index is 10.5. The first-order valence-electron chi connectivity index (χ1n) is 3.11. The van der Waals surface area contributed by atoms with Crippen LogP contribution >= 0.6 is 34.2 Å². The lowest BCUT2D eigenvalue weighted by Crippen LogP contribution is -2.19. The molecule has 0 fully saturated rings. The highest BCUT2D eigenvalue weighted by Crippen LogP contribution is 2.23. The molecule has 0 bridgehead atoms. The number of carbonyl (C=O) groups excluding carboxylic acids is 1. The molecule has 0 aliphatic rings. The zero-order chi connectivity index (χ0) is 9.14. The van der Waals surface area contributed by atoms with Gasteiger partial charge in [-0.2, -0.15) is 0 Å². The topological polar surface area (TPSA) is 55.1 Å². The third-order valence-electron chi connectivity index (χ3n) is 1.19. The highest BCUT2D eigenvalue weighted by Gasteiger charge is 2.01. The molecule has 0 aliphatic heterocycles. The summed E-state index contributed by atoms with van der Waals surface area (Å²) in [6, 6.07) is 4.68. The van der Waals surface area contributed by atoms with E-state index in [9.17, 15) is 4.79 Å². The number of hydrogen-bond acceptors (Lipinski definition) is 1. The molecular weight excluding hydrogens is 290 g/mol. The number of hydrogen-bond donors (Lipinski definition) is 2.